The van der Waals surface area contributed by atoms with Gasteiger partial charge in [0.25, 0.3) is 0 Å². The Morgan fingerprint density at radius 3 is 2.48 bits per heavy atom. The number of benzene rings is 1. The van der Waals surface area contributed by atoms with E-state index in [4.69, 9.17) is 4.74 Å². The van der Waals surface area contributed by atoms with Crippen LogP contribution in [0.5, 0.6) is 5.75 Å². The second-order valence-corrected chi connectivity index (χ2v) is 7.96. The zero-order chi connectivity index (χ0) is 23.7. The molecule has 0 spiro atoms. The normalized spacial score (nSPS) is 20.8. The fraction of sp³-hybridized carbons (Fsp3) is 0.259. The molecule has 1 aliphatic heterocycles. The van der Waals surface area contributed by atoms with Gasteiger partial charge in [-0.25, -0.2) is 0 Å². The molecule has 0 bridgehead atoms. The molecule has 2 aliphatic carbocycles. The molecule has 6 nitrogen and oxygen atoms in total. The maximum atomic E-state index is 12.9. The third-order valence-electron chi connectivity index (χ3n) is 6.08. The third kappa shape index (κ3) is 3.93. The van der Waals surface area contributed by atoms with Crippen LogP contribution in [0.3, 0.4) is 0 Å². The topological polar surface area (TPSA) is 70.1 Å². The van der Waals surface area contributed by atoms with Crippen LogP contribution >= 0.6 is 0 Å². The van der Waals surface area contributed by atoms with Crippen molar-refractivity contribution in [1.29, 1.82) is 0 Å². The standard InChI is InChI=1S/C27H28N2O4/c1-5-29(6-2)18-8-10-21(24(30)15-18)25-26(31)22(27(25)32)14-17-12-13-28(4)23-16-19(33-7-3)9-11-20(17)23/h8-16,31H,5-7H2,1-4H3. The second kappa shape index (κ2) is 8.98. The molecule has 0 saturated carbocycles. The largest absolute Gasteiger partial charge is 0.506 e. The van der Waals surface area contributed by atoms with Gasteiger partial charge in [-0.1, -0.05) is 0 Å². The number of fused-ring (bicyclic) bond motifs is 1. The number of ether oxygens (including phenoxy) is 1. The highest BCUT2D eigenvalue weighted by Crippen LogP contribution is 2.39. The van der Waals surface area contributed by atoms with Gasteiger partial charge in [0.1, 0.15) is 11.5 Å². The summed E-state index contributed by atoms with van der Waals surface area (Å²) in [7, 11) is 1.94. The van der Waals surface area contributed by atoms with E-state index < -0.39 is 0 Å². The molecule has 1 heterocycles. The lowest BCUT2D eigenvalue weighted by Crippen LogP contribution is -2.27. The maximum Gasteiger partial charge on any atom is 0.201 e. The number of anilines is 1. The van der Waals surface area contributed by atoms with Crippen LogP contribution in [0.1, 0.15) is 26.3 Å². The summed E-state index contributed by atoms with van der Waals surface area (Å²) in [5.41, 5.74) is 4.02. The molecule has 1 aromatic carbocycles. The Hall–Kier alpha value is -3.80. The number of hydrogen-bond acceptors (Lipinski definition) is 6. The van der Waals surface area contributed by atoms with E-state index in [1.165, 1.54) is 6.08 Å². The van der Waals surface area contributed by atoms with Crippen molar-refractivity contribution in [2.75, 3.05) is 31.6 Å². The molecular weight excluding hydrogens is 416 g/mol. The molecule has 33 heavy (non-hydrogen) atoms. The summed E-state index contributed by atoms with van der Waals surface area (Å²) < 4.78 is 5.61. The molecule has 0 fully saturated rings. The molecular formula is C27H28N2O4. The quantitative estimate of drug-likeness (QED) is 0.652. The Morgan fingerprint density at radius 1 is 1.09 bits per heavy atom. The number of Topliss-reactive ketones (excluding diaryl/α,β-unsaturated/α-hetero) is 1. The number of aliphatic hydroxyl groups excluding tert-OH is 1. The van der Waals surface area contributed by atoms with Crippen LogP contribution in [0.25, 0.3) is 5.57 Å². The average Bonchev–Trinajstić information content (AvgIpc) is 2.81. The molecule has 1 N–H and O–H groups in total. The van der Waals surface area contributed by atoms with Gasteiger partial charge in [-0.05, 0) is 62.8 Å². The van der Waals surface area contributed by atoms with Gasteiger partial charge in [0.2, 0.25) is 5.78 Å². The smallest absolute Gasteiger partial charge is 0.201 e. The van der Waals surface area contributed by atoms with Gasteiger partial charge in [-0.2, -0.15) is 0 Å². The van der Waals surface area contributed by atoms with E-state index in [9.17, 15) is 14.7 Å². The minimum absolute atomic E-state index is 0.0850. The van der Waals surface area contributed by atoms with Crippen molar-refractivity contribution in [3.8, 4) is 5.75 Å². The fourth-order valence-electron chi connectivity index (χ4n) is 4.26. The number of ketones is 2. The molecule has 4 rings (SSSR count). The van der Waals surface area contributed by atoms with Crippen LogP contribution in [0.15, 0.2) is 83.0 Å². The summed E-state index contributed by atoms with van der Waals surface area (Å²) in [6, 6.07) is 5.78. The first-order valence-corrected chi connectivity index (χ1v) is 11.2. The lowest BCUT2D eigenvalue weighted by Gasteiger charge is -2.27. The van der Waals surface area contributed by atoms with E-state index in [0.29, 0.717) is 6.61 Å². The molecule has 0 radical (unpaired) electrons. The number of likely N-dealkylation sites (N-methyl/N-ethyl adjacent to an activating group) is 1. The first kappa shape index (κ1) is 22.4. The van der Waals surface area contributed by atoms with E-state index in [1.54, 1.807) is 12.2 Å². The van der Waals surface area contributed by atoms with Gasteiger partial charge in [0.05, 0.1) is 23.4 Å². The average molecular weight is 445 g/mol. The van der Waals surface area contributed by atoms with Gasteiger partial charge in [-0.3, -0.25) is 9.59 Å². The molecule has 170 valence electrons. The number of allylic oxidation sites excluding steroid dienone is 9. The SMILES string of the molecule is CCOc1ccc2c(c1)N(C)C=CC2=CC1=C(O)C(=C2C=CC(N(CC)CC)=CC2=O)C1=O. The maximum absolute atomic E-state index is 12.9. The van der Waals surface area contributed by atoms with Crippen LogP contribution in [0, 0.1) is 0 Å². The molecule has 0 saturated heterocycles. The van der Waals surface area contributed by atoms with Crippen molar-refractivity contribution in [1.82, 2.24) is 4.90 Å². The van der Waals surface area contributed by atoms with Crippen LogP contribution in [0.4, 0.5) is 5.69 Å². The molecule has 3 aliphatic rings. The van der Waals surface area contributed by atoms with E-state index in [-0.39, 0.29) is 34.0 Å². The van der Waals surface area contributed by atoms with E-state index >= 15 is 0 Å². The van der Waals surface area contributed by atoms with E-state index in [2.05, 4.69) is 4.90 Å². The number of hydrogen-bond donors (Lipinski definition) is 1. The van der Waals surface area contributed by atoms with Crippen molar-refractivity contribution in [2.45, 2.75) is 20.8 Å². The lowest BCUT2D eigenvalue weighted by atomic mass is 9.80. The zero-order valence-corrected chi connectivity index (χ0v) is 19.4. The van der Waals surface area contributed by atoms with Gasteiger partial charge in [-0.15, -0.1) is 0 Å². The number of rotatable bonds is 6. The third-order valence-corrected chi connectivity index (χ3v) is 6.08. The second-order valence-electron chi connectivity index (χ2n) is 7.96. The van der Waals surface area contributed by atoms with Gasteiger partial charge in [0.15, 0.2) is 5.78 Å². The molecule has 0 atom stereocenters. The number of nitrogens with zero attached hydrogens (tertiary/aromatic N) is 2. The van der Waals surface area contributed by atoms with Crippen LogP contribution < -0.4 is 9.64 Å². The summed E-state index contributed by atoms with van der Waals surface area (Å²) >= 11 is 0. The Labute approximate surface area is 194 Å². The van der Waals surface area contributed by atoms with Crippen LogP contribution in [0.2, 0.25) is 0 Å². The van der Waals surface area contributed by atoms with Gasteiger partial charge >= 0.3 is 0 Å². The summed E-state index contributed by atoms with van der Waals surface area (Å²) in [6.07, 6.45) is 10.4. The van der Waals surface area contributed by atoms with Crippen molar-refractivity contribution >= 4 is 22.8 Å². The predicted octanol–water partition coefficient (Wildman–Crippen LogP) is 4.49. The first-order chi connectivity index (χ1) is 15.9. The number of aliphatic hydroxyl groups is 1. The summed E-state index contributed by atoms with van der Waals surface area (Å²) in [5, 5.41) is 10.7. The van der Waals surface area contributed by atoms with E-state index in [1.807, 2.05) is 69.3 Å². The first-order valence-electron chi connectivity index (χ1n) is 11.2. The zero-order valence-electron chi connectivity index (χ0n) is 19.4. The minimum Gasteiger partial charge on any atom is -0.506 e. The van der Waals surface area contributed by atoms with Crippen molar-refractivity contribution < 1.29 is 19.4 Å². The lowest BCUT2D eigenvalue weighted by molar-refractivity contribution is -0.115. The van der Waals surface area contributed by atoms with Crippen LogP contribution in [-0.2, 0) is 9.59 Å². The highest BCUT2D eigenvalue weighted by atomic mass is 16.5. The molecule has 0 unspecified atom stereocenters. The summed E-state index contributed by atoms with van der Waals surface area (Å²) in [4.78, 5) is 29.7. The molecule has 6 heteroatoms. The van der Waals surface area contributed by atoms with Crippen LogP contribution in [-0.4, -0.2) is 48.3 Å². The Balaban J connectivity index is 1.67. The highest BCUT2D eigenvalue weighted by molar-refractivity contribution is 6.27. The Bertz CT molecular complexity index is 1210. The predicted molar refractivity (Wildman–Crippen MR) is 130 cm³/mol. The van der Waals surface area contributed by atoms with Crippen molar-refractivity contribution in [3.63, 3.8) is 0 Å². The number of carbonyl (C=O) groups excluding carboxylic acids is 2. The highest BCUT2D eigenvalue weighted by Gasteiger charge is 2.37. The number of carbonyl (C=O) groups is 2. The summed E-state index contributed by atoms with van der Waals surface area (Å²) in [6.45, 7) is 8.12. The Kier molecular flexibility index (Phi) is 6.09. The van der Waals surface area contributed by atoms with E-state index in [0.717, 1.165) is 41.4 Å². The minimum atomic E-state index is -0.326. The Morgan fingerprint density at radius 2 is 1.85 bits per heavy atom. The molecule has 1 aromatic rings. The van der Waals surface area contributed by atoms with Crippen molar-refractivity contribution in [2.24, 2.45) is 0 Å². The molecule has 0 aromatic heterocycles. The van der Waals surface area contributed by atoms with Gasteiger partial charge < -0.3 is 19.6 Å². The monoisotopic (exact) mass is 444 g/mol. The van der Waals surface area contributed by atoms with Gasteiger partial charge in [0, 0.05) is 55.3 Å². The molecule has 0 amide bonds. The fourth-order valence-corrected chi connectivity index (χ4v) is 4.26. The van der Waals surface area contributed by atoms with Crippen molar-refractivity contribution in [3.05, 3.63) is 88.5 Å². The summed E-state index contributed by atoms with van der Waals surface area (Å²) in [5.74, 6) is 0.0350.